The fourth-order valence-corrected chi connectivity index (χ4v) is 3.35. The van der Waals surface area contributed by atoms with E-state index < -0.39 is 0 Å². The minimum absolute atomic E-state index is 0. The van der Waals surface area contributed by atoms with Crippen molar-refractivity contribution in [1.29, 1.82) is 0 Å². The molecule has 142 valence electrons. The largest absolute Gasteiger partial charge is 0.493 e. The predicted octanol–water partition coefficient (Wildman–Crippen LogP) is 5.52. The molecule has 1 fully saturated rings. The fraction of sp³-hybridized carbons (Fsp3) is 0.400. The van der Waals surface area contributed by atoms with Gasteiger partial charge in [-0.25, -0.2) is 4.39 Å². The summed E-state index contributed by atoms with van der Waals surface area (Å²) in [7, 11) is 1.63. The third-order valence-corrected chi connectivity index (χ3v) is 4.93. The van der Waals surface area contributed by atoms with Gasteiger partial charge < -0.3 is 14.8 Å². The molecular formula is C20H24Cl2FNO2. The van der Waals surface area contributed by atoms with Crippen LogP contribution >= 0.6 is 24.0 Å². The predicted molar refractivity (Wildman–Crippen MR) is 105 cm³/mol. The molecule has 3 rings (SSSR count). The highest BCUT2D eigenvalue weighted by Gasteiger charge is 2.14. The van der Waals surface area contributed by atoms with E-state index in [4.69, 9.17) is 21.1 Å². The van der Waals surface area contributed by atoms with E-state index in [1.807, 2.05) is 18.2 Å². The van der Waals surface area contributed by atoms with Gasteiger partial charge in [-0.1, -0.05) is 36.6 Å². The second-order valence-electron chi connectivity index (χ2n) is 6.37. The fourth-order valence-electron chi connectivity index (χ4n) is 3.13. The maximum absolute atomic E-state index is 13.1. The van der Waals surface area contributed by atoms with Gasteiger partial charge in [-0.2, -0.15) is 0 Å². The molecule has 0 spiro atoms. The Labute approximate surface area is 165 Å². The van der Waals surface area contributed by atoms with Crippen LogP contribution in [0.3, 0.4) is 0 Å². The zero-order valence-electron chi connectivity index (χ0n) is 14.8. The smallest absolute Gasteiger partial charge is 0.161 e. The molecule has 2 aromatic carbocycles. The molecule has 1 aliphatic rings. The maximum Gasteiger partial charge on any atom is 0.161 e. The minimum atomic E-state index is -0.356. The molecule has 26 heavy (non-hydrogen) atoms. The van der Waals surface area contributed by atoms with Crippen molar-refractivity contribution in [1.82, 2.24) is 5.32 Å². The number of rotatable bonds is 7. The second-order valence-corrected chi connectivity index (χ2v) is 6.78. The van der Waals surface area contributed by atoms with Gasteiger partial charge in [0.1, 0.15) is 12.4 Å². The van der Waals surface area contributed by atoms with Crippen LogP contribution in [0.4, 0.5) is 4.39 Å². The topological polar surface area (TPSA) is 30.5 Å². The van der Waals surface area contributed by atoms with Gasteiger partial charge in [0.15, 0.2) is 11.5 Å². The summed E-state index contributed by atoms with van der Waals surface area (Å²) in [6.07, 6.45) is 5.16. The zero-order valence-corrected chi connectivity index (χ0v) is 16.3. The molecule has 0 bridgehead atoms. The summed E-state index contributed by atoms with van der Waals surface area (Å²) in [6.45, 7) is 1.08. The number of hydrogen-bond donors (Lipinski definition) is 1. The number of ether oxygens (including phenoxy) is 2. The molecule has 1 aliphatic carbocycles. The molecule has 3 nitrogen and oxygen atoms in total. The molecule has 0 amide bonds. The monoisotopic (exact) mass is 399 g/mol. The number of nitrogens with one attached hydrogen (secondary N) is 1. The normalized spacial score (nSPS) is 14.1. The number of methoxy groups -OCH3 is 1. The Kier molecular flexibility index (Phi) is 8.01. The summed E-state index contributed by atoms with van der Waals surface area (Å²) >= 11 is 6.04. The van der Waals surface area contributed by atoms with E-state index in [-0.39, 0.29) is 24.8 Å². The Morgan fingerprint density at radius 2 is 1.88 bits per heavy atom. The third-order valence-electron chi connectivity index (χ3n) is 4.58. The lowest BCUT2D eigenvalue weighted by molar-refractivity contribution is 0.284. The Bertz CT molecular complexity index is 721. The van der Waals surface area contributed by atoms with Crippen LogP contribution < -0.4 is 14.8 Å². The van der Waals surface area contributed by atoms with Crippen LogP contribution in [0.25, 0.3) is 0 Å². The Morgan fingerprint density at radius 1 is 1.12 bits per heavy atom. The van der Waals surface area contributed by atoms with Crippen LogP contribution in [0.2, 0.25) is 5.02 Å². The van der Waals surface area contributed by atoms with Crippen LogP contribution in [0.1, 0.15) is 36.8 Å². The summed E-state index contributed by atoms with van der Waals surface area (Å²) in [5.41, 5.74) is 1.90. The average molecular weight is 400 g/mol. The third kappa shape index (κ3) is 5.50. The maximum atomic E-state index is 13.1. The van der Waals surface area contributed by atoms with Crippen molar-refractivity contribution in [3.8, 4) is 11.5 Å². The SMILES string of the molecule is COc1cc(CNC2CCCC2)ccc1OCc1ccc(F)cc1Cl.Cl. The Hall–Kier alpha value is -1.49. The molecule has 6 heteroatoms. The zero-order chi connectivity index (χ0) is 17.6. The Morgan fingerprint density at radius 3 is 2.58 bits per heavy atom. The van der Waals surface area contributed by atoms with Crippen LogP contribution in [-0.2, 0) is 13.2 Å². The first kappa shape index (κ1) is 20.8. The first-order chi connectivity index (χ1) is 12.2. The lowest BCUT2D eigenvalue weighted by Crippen LogP contribution is -2.25. The molecule has 1 saturated carbocycles. The van der Waals surface area contributed by atoms with Crippen molar-refractivity contribution >= 4 is 24.0 Å². The molecule has 2 aromatic rings. The molecule has 0 aromatic heterocycles. The Balaban J connectivity index is 0.00000243. The highest BCUT2D eigenvalue weighted by molar-refractivity contribution is 6.31. The lowest BCUT2D eigenvalue weighted by Gasteiger charge is -2.15. The first-order valence-corrected chi connectivity index (χ1v) is 9.00. The summed E-state index contributed by atoms with van der Waals surface area (Å²) in [6, 6.07) is 10.8. The van der Waals surface area contributed by atoms with Crippen molar-refractivity contribution < 1.29 is 13.9 Å². The van der Waals surface area contributed by atoms with Gasteiger partial charge in [-0.05, 0) is 42.7 Å². The number of hydrogen-bond acceptors (Lipinski definition) is 3. The van der Waals surface area contributed by atoms with Crippen LogP contribution in [0.15, 0.2) is 36.4 Å². The first-order valence-electron chi connectivity index (χ1n) is 8.63. The molecule has 0 saturated heterocycles. The summed E-state index contributed by atoms with van der Waals surface area (Å²) in [5.74, 6) is 0.974. The van der Waals surface area contributed by atoms with E-state index in [9.17, 15) is 4.39 Å². The van der Waals surface area contributed by atoms with Gasteiger partial charge in [0.25, 0.3) is 0 Å². The van der Waals surface area contributed by atoms with E-state index in [0.717, 1.165) is 17.7 Å². The van der Waals surface area contributed by atoms with Crippen molar-refractivity contribution in [2.45, 2.75) is 44.9 Å². The summed E-state index contributed by atoms with van der Waals surface area (Å²) in [4.78, 5) is 0. The van der Waals surface area contributed by atoms with E-state index in [2.05, 4.69) is 5.32 Å². The summed E-state index contributed by atoms with van der Waals surface area (Å²) < 4.78 is 24.4. The van der Waals surface area contributed by atoms with Crippen molar-refractivity contribution in [2.75, 3.05) is 7.11 Å². The second kappa shape index (κ2) is 10.0. The summed E-state index contributed by atoms with van der Waals surface area (Å²) in [5, 5.41) is 3.95. The van der Waals surface area contributed by atoms with E-state index in [1.165, 1.54) is 37.8 Å². The van der Waals surface area contributed by atoms with Gasteiger partial charge in [0.2, 0.25) is 0 Å². The quantitative estimate of drug-likeness (QED) is 0.664. The van der Waals surface area contributed by atoms with E-state index >= 15 is 0 Å². The molecule has 0 radical (unpaired) electrons. The molecule has 0 atom stereocenters. The molecule has 0 heterocycles. The highest BCUT2D eigenvalue weighted by atomic mass is 35.5. The van der Waals surface area contributed by atoms with E-state index in [1.54, 1.807) is 13.2 Å². The van der Waals surface area contributed by atoms with Crippen molar-refractivity contribution in [3.05, 3.63) is 58.4 Å². The van der Waals surface area contributed by atoms with Gasteiger partial charge >= 0.3 is 0 Å². The highest BCUT2D eigenvalue weighted by Crippen LogP contribution is 2.30. The molecular weight excluding hydrogens is 376 g/mol. The van der Waals surface area contributed by atoms with Gasteiger partial charge in [-0.3, -0.25) is 0 Å². The average Bonchev–Trinajstić information content (AvgIpc) is 3.13. The van der Waals surface area contributed by atoms with Gasteiger partial charge in [0, 0.05) is 18.2 Å². The minimum Gasteiger partial charge on any atom is -0.493 e. The number of halogens is 3. The lowest BCUT2D eigenvalue weighted by atomic mass is 10.1. The molecule has 1 N–H and O–H groups in total. The van der Waals surface area contributed by atoms with Crippen LogP contribution in [0, 0.1) is 5.82 Å². The van der Waals surface area contributed by atoms with Gasteiger partial charge in [0.05, 0.1) is 12.1 Å². The van der Waals surface area contributed by atoms with Crippen LogP contribution in [0.5, 0.6) is 11.5 Å². The number of benzene rings is 2. The molecule has 0 unspecified atom stereocenters. The van der Waals surface area contributed by atoms with Crippen molar-refractivity contribution in [3.63, 3.8) is 0 Å². The van der Waals surface area contributed by atoms with E-state index in [0.29, 0.717) is 22.6 Å². The van der Waals surface area contributed by atoms with Crippen molar-refractivity contribution in [2.24, 2.45) is 0 Å². The van der Waals surface area contributed by atoms with Gasteiger partial charge in [-0.15, -0.1) is 12.4 Å². The molecule has 0 aliphatic heterocycles. The van der Waals surface area contributed by atoms with Crippen LogP contribution in [-0.4, -0.2) is 13.2 Å². The standard InChI is InChI=1S/C20H23ClFNO2.ClH/c1-24-20-10-14(12-23-17-4-2-3-5-17)6-9-19(20)25-13-15-7-8-16(22)11-18(15)21;/h6-11,17,23H,2-5,12-13H2,1H3;1H.